The van der Waals surface area contributed by atoms with Crippen LogP contribution in [-0.2, 0) is 4.74 Å². The first-order valence-electron chi connectivity index (χ1n) is 8.53. The van der Waals surface area contributed by atoms with E-state index in [1.165, 1.54) is 71.4 Å². The molecule has 1 unspecified atom stereocenters. The van der Waals surface area contributed by atoms with Gasteiger partial charge in [0.05, 0.1) is 0 Å². The Morgan fingerprint density at radius 3 is 2.35 bits per heavy atom. The average Bonchev–Trinajstić information content (AvgIpc) is 2.88. The Balaban J connectivity index is 1.75. The van der Waals surface area contributed by atoms with Crippen LogP contribution in [0.15, 0.2) is 0 Å². The van der Waals surface area contributed by atoms with Crippen molar-refractivity contribution in [1.29, 1.82) is 0 Å². The quantitative estimate of drug-likeness (QED) is 0.714. The van der Waals surface area contributed by atoms with E-state index in [9.17, 15) is 0 Å². The van der Waals surface area contributed by atoms with Gasteiger partial charge in [0.1, 0.15) is 0 Å². The first-order valence-corrected chi connectivity index (χ1v) is 8.53. The van der Waals surface area contributed by atoms with Gasteiger partial charge >= 0.3 is 0 Å². The van der Waals surface area contributed by atoms with Gasteiger partial charge in [0.2, 0.25) is 0 Å². The highest BCUT2D eigenvalue weighted by Gasteiger charge is 2.28. The molecule has 3 nitrogen and oxygen atoms in total. The summed E-state index contributed by atoms with van der Waals surface area (Å²) in [5, 5.41) is 0. The minimum absolute atomic E-state index is 0.424. The Morgan fingerprint density at radius 1 is 1.00 bits per heavy atom. The maximum absolute atomic E-state index is 5.24. The topological polar surface area (TPSA) is 15.7 Å². The number of piperidine rings is 1. The molecule has 2 heterocycles. The normalized spacial score (nSPS) is 26.2. The zero-order chi connectivity index (χ0) is 14.4. The fraction of sp³-hybridized carbons (Fsp3) is 1.00. The number of hydrogen-bond donors (Lipinski definition) is 0. The zero-order valence-electron chi connectivity index (χ0n) is 13.9. The van der Waals surface area contributed by atoms with Gasteiger partial charge in [0, 0.05) is 33.4 Å². The van der Waals surface area contributed by atoms with Gasteiger partial charge in [0.25, 0.3) is 0 Å². The lowest BCUT2D eigenvalue weighted by molar-refractivity contribution is 0.0830. The Labute approximate surface area is 125 Å². The minimum atomic E-state index is 0.424. The summed E-state index contributed by atoms with van der Waals surface area (Å²) in [7, 11) is 1.82. The van der Waals surface area contributed by atoms with Crippen LogP contribution in [0, 0.1) is 11.3 Å². The van der Waals surface area contributed by atoms with Crippen LogP contribution in [0.4, 0.5) is 0 Å². The van der Waals surface area contributed by atoms with Gasteiger partial charge in [-0.3, -0.25) is 0 Å². The largest absolute Gasteiger partial charge is 0.385 e. The second-order valence-electron chi connectivity index (χ2n) is 7.67. The number of nitrogens with zero attached hydrogens (tertiary/aromatic N) is 2. The number of rotatable bonds is 7. The molecule has 20 heavy (non-hydrogen) atoms. The van der Waals surface area contributed by atoms with Crippen molar-refractivity contribution < 1.29 is 4.74 Å². The van der Waals surface area contributed by atoms with Gasteiger partial charge in [-0.25, -0.2) is 0 Å². The Morgan fingerprint density at radius 2 is 1.65 bits per heavy atom. The number of methoxy groups -OCH3 is 1. The molecule has 0 bridgehead atoms. The van der Waals surface area contributed by atoms with E-state index in [2.05, 4.69) is 23.6 Å². The van der Waals surface area contributed by atoms with Gasteiger partial charge in [0.15, 0.2) is 0 Å². The number of ether oxygens (including phenoxy) is 1. The van der Waals surface area contributed by atoms with E-state index in [-0.39, 0.29) is 0 Å². The lowest BCUT2D eigenvalue weighted by Crippen LogP contribution is -2.45. The zero-order valence-corrected chi connectivity index (χ0v) is 13.9. The summed E-state index contributed by atoms with van der Waals surface area (Å²) in [4.78, 5) is 5.37. The molecule has 0 N–H and O–H groups in total. The molecular weight excluding hydrogens is 248 g/mol. The van der Waals surface area contributed by atoms with Crippen molar-refractivity contribution in [1.82, 2.24) is 9.80 Å². The Hall–Kier alpha value is -0.120. The van der Waals surface area contributed by atoms with Crippen LogP contribution >= 0.6 is 0 Å². The van der Waals surface area contributed by atoms with Gasteiger partial charge < -0.3 is 14.5 Å². The molecule has 0 amide bonds. The fourth-order valence-electron chi connectivity index (χ4n) is 4.02. The van der Waals surface area contributed by atoms with Crippen molar-refractivity contribution in [2.45, 2.75) is 46.0 Å². The summed E-state index contributed by atoms with van der Waals surface area (Å²) in [6.07, 6.45) is 6.80. The molecule has 2 fully saturated rings. The van der Waals surface area contributed by atoms with Crippen LogP contribution in [0.3, 0.4) is 0 Å². The van der Waals surface area contributed by atoms with Crippen LogP contribution in [-0.4, -0.2) is 62.8 Å². The van der Waals surface area contributed by atoms with Crippen LogP contribution in [0.2, 0.25) is 0 Å². The molecule has 2 saturated heterocycles. The minimum Gasteiger partial charge on any atom is -0.385 e. The molecule has 0 aromatic rings. The van der Waals surface area contributed by atoms with Gasteiger partial charge in [-0.2, -0.15) is 0 Å². The second-order valence-corrected chi connectivity index (χ2v) is 7.67. The first kappa shape index (κ1) is 16.3. The van der Waals surface area contributed by atoms with Crippen molar-refractivity contribution >= 4 is 0 Å². The molecule has 1 atom stereocenters. The average molecular weight is 282 g/mol. The smallest absolute Gasteiger partial charge is 0.0465 e. The van der Waals surface area contributed by atoms with Crippen molar-refractivity contribution in [3.8, 4) is 0 Å². The third-order valence-corrected chi connectivity index (χ3v) is 4.84. The molecule has 2 aliphatic heterocycles. The van der Waals surface area contributed by atoms with E-state index >= 15 is 0 Å². The lowest BCUT2D eigenvalue weighted by Gasteiger charge is -2.39. The summed E-state index contributed by atoms with van der Waals surface area (Å²) < 4.78 is 5.24. The lowest BCUT2D eigenvalue weighted by atomic mass is 9.89. The van der Waals surface area contributed by atoms with E-state index in [0.717, 1.165) is 12.5 Å². The molecule has 0 saturated carbocycles. The van der Waals surface area contributed by atoms with E-state index < -0.39 is 0 Å². The maximum Gasteiger partial charge on any atom is 0.0465 e. The summed E-state index contributed by atoms with van der Waals surface area (Å²) in [5.74, 6) is 0.853. The van der Waals surface area contributed by atoms with E-state index in [0.29, 0.717) is 5.41 Å². The highest BCUT2D eigenvalue weighted by Crippen LogP contribution is 2.26. The van der Waals surface area contributed by atoms with Crippen LogP contribution < -0.4 is 0 Å². The third kappa shape index (κ3) is 5.34. The second kappa shape index (κ2) is 7.77. The van der Waals surface area contributed by atoms with E-state index in [1.807, 2.05) is 7.11 Å². The van der Waals surface area contributed by atoms with E-state index in [1.54, 1.807) is 0 Å². The Bertz CT molecular complexity index is 274. The number of likely N-dealkylation sites (tertiary alicyclic amines) is 2. The molecule has 0 aliphatic carbocycles. The Kier molecular flexibility index (Phi) is 6.31. The van der Waals surface area contributed by atoms with E-state index in [4.69, 9.17) is 4.74 Å². The fourth-order valence-corrected chi connectivity index (χ4v) is 4.02. The highest BCUT2D eigenvalue weighted by atomic mass is 16.5. The maximum atomic E-state index is 5.24. The van der Waals surface area contributed by atoms with Gasteiger partial charge in [-0.1, -0.05) is 13.8 Å². The van der Waals surface area contributed by atoms with Gasteiger partial charge in [-0.15, -0.1) is 0 Å². The third-order valence-electron chi connectivity index (χ3n) is 4.84. The van der Waals surface area contributed by atoms with Crippen molar-refractivity contribution in [2.75, 3.05) is 53.0 Å². The van der Waals surface area contributed by atoms with Crippen molar-refractivity contribution in [2.24, 2.45) is 11.3 Å². The van der Waals surface area contributed by atoms with Gasteiger partial charge in [-0.05, 0) is 63.1 Å². The molecule has 0 aromatic heterocycles. The molecule has 3 heteroatoms. The van der Waals surface area contributed by atoms with Crippen LogP contribution in [0.1, 0.15) is 46.0 Å². The van der Waals surface area contributed by atoms with Crippen molar-refractivity contribution in [3.05, 3.63) is 0 Å². The predicted octanol–water partition coefficient (Wildman–Crippen LogP) is 2.86. The summed E-state index contributed by atoms with van der Waals surface area (Å²) in [6.45, 7) is 13.6. The monoisotopic (exact) mass is 282 g/mol. The SMILES string of the molecule is COCCC1CCCN(CC(C)(C)CN2CCCC2)C1. The molecule has 0 aromatic carbocycles. The number of hydrogen-bond acceptors (Lipinski definition) is 3. The molecule has 0 spiro atoms. The summed E-state index contributed by atoms with van der Waals surface area (Å²) >= 11 is 0. The van der Waals surface area contributed by atoms with Crippen molar-refractivity contribution in [3.63, 3.8) is 0 Å². The standard InChI is InChI=1S/C17H34N2O/c1-17(2,14-18-9-4-5-10-18)15-19-11-6-7-16(13-19)8-12-20-3/h16H,4-15H2,1-3H3. The molecule has 0 radical (unpaired) electrons. The first-order chi connectivity index (χ1) is 9.59. The molecule has 2 aliphatic rings. The van der Waals surface area contributed by atoms with Crippen LogP contribution in [0.5, 0.6) is 0 Å². The predicted molar refractivity (Wildman–Crippen MR) is 85.1 cm³/mol. The molecular formula is C17H34N2O. The summed E-state index contributed by atoms with van der Waals surface area (Å²) in [5.41, 5.74) is 0.424. The molecule has 2 rings (SSSR count). The highest BCUT2D eigenvalue weighted by molar-refractivity contribution is 4.82. The summed E-state index contributed by atoms with van der Waals surface area (Å²) in [6, 6.07) is 0. The van der Waals surface area contributed by atoms with Crippen LogP contribution in [0.25, 0.3) is 0 Å². The molecule has 118 valence electrons.